The molecule has 0 fully saturated rings. The van der Waals surface area contributed by atoms with Crippen molar-refractivity contribution in [1.82, 2.24) is 10.6 Å². The summed E-state index contributed by atoms with van der Waals surface area (Å²) in [5, 5.41) is 6.47. The molecule has 0 unspecified atom stereocenters. The molecule has 0 radical (unpaired) electrons. The third kappa shape index (κ3) is 8.91. The lowest BCUT2D eigenvalue weighted by Crippen LogP contribution is -2.43. The van der Waals surface area contributed by atoms with Crippen LogP contribution in [0.4, 0.5) is 4.79 Å². The molecule has 0 saturated carbocycles. The van der Waals surface area contributed by atoms with Gasteiger partial charge in [-0.2, -0.15) is 0 Å². The van der Waals surface area contributed by atoms with E-state index in [1.807, 2.05) is 39.0 Å². The average molecular weight is 395 g/mol. The summed E-state index contributed by atoms with van der Waals surface area (Å²) < 4.78 is 11.7. The smallest absolute Gasteiger partial charge is 0.407 e. The maximum absolute atomic E-state index is 11.8. The number of amides is 1. The summed E-state index contributed by atoms with van der Waals surface area (Å²) in [4.78, 5) is 11.8. The molecule has 0 saturated heterocycles. The molecule has 0 spiro atoms. The lowest BCUT2D eigenvalue weighted by Gasteiger charge is -2.37. The Hall–Kier alpha value is -1.37. The molecule has 0 aliphatic carbocycles. The number of rotatable bonds is 8. The Morgan fingerprint density at radius 3 is 2.15 bits per heavy atom. The van der Waals surface area contributed by atoms with Gasteiger partial charge in [0.15, 0.2) is 8.32 Å². The Bertz CT molecular complexity index is 577. The number of benzene rings is 1. The van der Waals surface area contributed by atoms with Gasteiger partial charge in [0, 0.05) is 13.1 Å². The summed E-state index contributed by atoms with van der Waals surface area (Å²) in [6.45, 7) is 18.6. The summed E-state index contributed by atoms with van der Waals surface area (Å²) in [6.07, 6.45) is -0.391. The second kappa shape index (κ2) is 9.71. The van der Waals surface area contributed by atoms with Crippen LogP contribution in [-0.4, -0.2) is 39.7 Å². The van der Waals surface area contributed by atoms with Gasteiger partial charge in [-0.15, -0.1) is 0 Å². The fourth-order valence-corrected chi connectivity index (χ4v) is 3.21. The van der Waals surface area contributed by atoms with Gasteiger partial charge in [-0.3, -0.25) is 0 Å². The van der Waals surface area contributed by atoms with Gasteiger partial charge < -0.3 is 19.8 Å². The van der Waals surface area contributed by atoms with E-state index in [1.165, 1.54) is 5.56 Å². The van der Waals surface area contributed by atoms with Crippen molar-refractivity contribution in [2.24, 2.45) is 0 Å². The Labute approximate surface area is 166 Å². The van der Waals surface area contributed by atoms with E-state index in [2.05, 4.69) is 56.6 Å². The first-order valence-corrected chi connectivity index (χ1v) is 12.6. The number of hydrogen-bond acceptors (Lipinski definition) is 4. The molecule has 1 aromatic carbocycles. The monoisotopic (exact) mass is 394 g/mol. The van der Waals surface area contributed by atoms with Crippen molar-refractivity contribution in [3.05, 3.63) is 35.9 Å². The van der Waals surface area contributed by atoms with Crippen LogP contribution in [0.3, 0.4) is 0 Å². The molecule has 1 rings (SSSR count). The first kappa shape index (κ1) is 23.7. The van der Waals surface area contributed by atoms with Crippen molar-refractivity contribution in [2.75, 3.05) is 19.7 Å². The van der Waals surface area contributed by atoms with Crippen LogP contribution in [0.5, 0.6) is 0 Å². The molecular weight excluding hydrogens is 356 g/mol. The van der Waals surface area contributed by atoms with Gasteiger partial charge in [-0.05, 0) is 44.5 Å². The van der Waals surface area contributed by atoms with E-state index in [4.69, 9.17) is 9.16 Å². The van der Waals surface area contributed by atoms with E-state index in [9.17, 15) is 4.79 Å². The quantitative estimate of drug-likeness (QED) is 0.488. The Balaban J connectivity index is 2.60. The van der Waals surface area contributed by atoms with Gasteiger partial charge in [0.05, 0.1) is 12.6 Å². The third-order valence-corrected chi connectivity index (χ3v) is 9.30. The van der Waals surface area contributed by atoms with Crippen molar-refractivity contribution in [3.8, 4) is 0 Å². The Kier molecular flexibility index (Phi) is 8.51. The summed E-state index contributed by atoms with van der Waals surface area (Å²) >= 11 is 0. The lowest BCUT2D eigenvalue weighted by molar-refractivity contribution is 0.0527. The molecule has 1 aromatic rings. The van der Waals surface area contributed by atoms with Crippen LogP contribution in [0, 0.1) is 0 Å². The molecule has 27 heavy (non-hydrogen) atoms. The summed E-state index contributed by atoms with van der Waals surface area (Å²) in [5.74, 6) is 0. The van der Waals surface area contributed by atoms with Gasteiger partial charge in [0.25, 0.3) is 0 Å². The lowest BCUT2D eigenvalue weighted by atomic mass is 10.1. The zero-order valence-electron chi connectivity index (χ0n) is 18.3. The zero-order chi connectivity index (χ0) is 20.7. The van der Waals surface area contributed by atoms with Crippen LogP contribution >= 0.6 is 0 Å². The highest BCUT2D eigenvalue weighted by atomic mass is 28.4. The molecule has 0 aromatic heterocycles. The molecule has 0 aliphatic rings. The number of alkyl carbamates (subject to hydrolysis) is 1. The molecule has 1 atom stereocenters. The molecule has 1 amide bonds. The zero-order valence-corrected chi connectivity index (χ0v) is 19.3. The number of carbonyl (C=O) groups is 1. The Morgan fingerprint density at radius 2 is 1.63 bits per heavy atom. The van der Waals surface area contributed by atoms with Crippen molar-refractivity contribution in [1.29, 1.82) is 0 Å². The largest absolute Gasteiger partial charge is 0.444 e. The van der Waals surface area contributed by atoms with E-state index >= 15 is 0 Å². The second-order valence-corrected chi connectivity index (χ2v) is 14.2. The number of carbonyl (C=O) groups excluding carboxylic acids is 1. The number of ether oxygens (including phenoxy) is 1. The fraction of sp³-hybridized carbons (Fsp3) is 0.667. The van der Waals surface area contributed by atoms with Crippen LogP contribution in [0.2, 0.25) is 18.1 Å². The van der Waals surface area contributed by atoms with Crippen molar-refractivity contribution in [3.63, 3.8) is 0 Å². The van der Waals surface area contributed by atoms with Gasteiger partial charge in [0.2, 0.25) is 0 Å². The van der Waals surface area contributed by atoms with Crippen LogP contribution in [0.15, 0.2) is 30.3 Å². The highest BCUT2D eigenvalue weighted by Crippen LogP contribution is 2.37. The van der Waals surface area contributed by atoms with Crippen molar-refractivity contribution in [2.45, 2.75) is 71.3 Å². The summed E-state index contributed by atoms with van der Waals surface area (Å²) in [5.41, 5.74) is 0.703. The summed E-state index contributed by atoms with van der Waals surface area (Å²) in [6, 6.07) is 10.4. The average Bonchev–Trinajstić information content (AvgIpc) is 2.52. The van der Waals surface area contributed by atoms with Crippen molar-refractivity contribution >= 4 is 14.4 Å². The van der Waals surface area contributed by atoms with E-state index in [0.29, 0.717) is 19.7 Å². The molecule has 5 nitrogen and oxygen atoms in total. The predicted octanol–water partition coefficient (Wildman–Crippen LogP) is 4.86. The topological polar surface area (TPSA) is 59.6 Å². The maximum atomic E-state index is 11.8. The van der Waals surface area contributed by atoms with E-state index in [0.717, 1.165) is 0 Å². The van der Waals surface area contributed by atoms with Gasteiger partial charge in [-0.1, -0.05) is 51.1 Å². The first-order valence-electron chi connectivity index (χ1n) is 9.71. The van der Waals surface area contributed by atoms with E-state index < -0.39 is 20.0 Å². The third-order valence-electron chi connectivity index (χ3n) is 4.80. The number of nitrogens with one attached hydrogen (secondary N) is 2. The molecule has 2 N–H and O–H groups in total. The maximum Gasteiger partial charge on any atom is 0.407 e. The molecule has 0 heterocycles. The SMILES string of the molecule is CC(C)(C)OC(=O)NCCN[C@@H](CO[Si](C)(C)C(C)(C)C)c1ccccc1. The fourth-order valence-electron chi connectivity index (χ4n) is 2.19. The molecule has 0 aliphatic heterocycles. The predicted molar refractivity (Wildman–Crippen MR) is 115 cm³/mol. The van der Waals surface area contributed by atoms with E-state index in [1.54, 1.807) is 0 Å². The van der Waals surface area contributed by atoms with Gasteiger partial charge in [-0.25, -0.2) is 4.79 Å². The molecule has 154 valence electrons. The minimum atomic E-state index is -1.82. The highest BCUT2D eigenvalue weighted by Gasteiger charge is 2.37. The van der Waals surface area contributed by atoms with Crippen molar-refractivity contribution < 1.29 is 14.0 Å². The molecule has 0 bridgehead atoms. The second-order valence-electron chi connectivity index (χ2n) is 9.42. The molecule has 6 heteroatoms. The van der Waals surface area contributed by atoms with Crippen LogP contribution in [0.1, 0.15) is 53.1 Å². The van der Waals surface area contributed by atoms with Gasteiger partial charge in [0.1, 0.15) is 5.60 Å². The first-order chi connectivity index (χ1) is 12.3. The normalized spacial score (nSPS) is 13.9. The van der Waals surface area contributed by atoms with Gasteiger partial charge >= 0.3 is 6.09 Å². The molecular formula is C21H38N2O3Si. The minimum Gasteiger partial charge on any atom is -0.444 e. The van der Waals surface area contributed by atoms with Crippen LogP contribution in [0.25, 0.3) is 0 Å². The minimum absolute atomic E-state index is 0.0840. The van der Waals surface area contributed by atoms with E-state index in [-0.39, 0.29) is 11.1 Å². The summed E-state index contributed by atoms with van der Waals surface area (Å²) in [7, 11) is -1.82. The standard InChI is InChI=1S/C21H38N2O3Si/c1-20(2,3)26-19(24)23-15-14-22-18(17-12-10-9-11-13-17)16-25-27(7,8)21(4,5)6/h9-13,18,22H,14-16H2,1-8H3,(H,23,24)/t18-/m0/s1. The van der Waals surface area contributed by atoms with Crippen LogP contribution in [-0.2, 0) is 9.16 Å². The highest BCUT2D eigenvalue weighted by molar-refractivity contribution is 6.74. The number of hydrogen-bond donors (Lipinski definition) is 2. The Morgan fingerprint density at radius 1 is 1.04 bits per heavy atom. The van der Waals surface area contributed by atoms with Crippen LogP contribution < -0.4 is 10.6 Å².